The Hall–Kier alpha value is -2.11. The van der Waals surface area contributed by atoms with Gasteiger partial charge in [-0.3, -0.25) is 14.5 Å². The minimum absolute atomic E-state index is 0.187. The maximum absolute atomic E-state index is 12.9. The van der Waals surface area contributed by atoms with Crippen molar-refractivity contribution in [3.8, 4) is 0 Å². The van der Waals surface area contributed by atoms with Crippen molar-refractivity contribution in [2.45, 2.75) is 58.4 Å². The second kappa shape index (κ2) is 6.32. The molecule has 136 valence electrons. The number of carbonyl (C=O) groups is 3. The van der Waals surface area contributed by atoms with E-state index in [-0.39, 0.29) is 18.2 Å². The summed E-state index contributed by atoms with van der Waals surface area (Å²) in [6.45, 7) is 5.78. The van der Waals surface area contributed by atoms with Crippen LogP contribution in [0, 0.1) is 19.8 Å². The number of amides is 3. The number of hydrogen-bond donors (Lipinski definition) is 1. The van der Waals surface area contributed by atoms with Crippen LogP contribution in [0.4, 0.5) is 4.79 Å². The number of urea groups is 1. The van der Waals surface area contributed by atoms with Crippen LogP contribution in [0.2, 0.25) is 0 Å². The van der Waals surface area contributed by atoms with Crippen LogP contribution in [0.3, 0.4) is 0 Å². The standard InChI is InChI=1S/C19H27N3O3/c1-5-14-6-8-19(9-7-14)17(24)22(18(25)20-19)11-16(23)15-10-12(2)21(4)13(15)3/h10,14H,5-9,11H2,1-4H3,(H,20,25). The van der Waals surface area contributed by atoms with Crippen LogP contribution >= 0.6 is 0 Å². The van der Waals surface area contributed by atoms with Crippen LogP contribution in [-0.4, -0.2) is 39.3 Å². The van der Waals surface area contributed by atoms with Gasteiger partial charge >= 0.3 is 6.03 Å². The van der Waals surface area contributed by atoms with Crippen molar-refractivity contribution in [3.63, 3.8) is 0 Å². The van der Waals surface area contributed by atoms with Crippen LogP contribution in [-0.2, 0) is 11.8 Å². The van der Waals surface area contributed by atoms with Gasteiger partial charge in [-0.05, 0) is 51.5 Å². The number of imide groups is 1. The fraction of sp³-hybridized carbons (Fsp3) is 0.632. The molecule has 25 heavy (non-hydrogen) atoms. The Morgan fingerprint density at radius 1 is 1.28 bits per heavy atom. The molecule has 2 heterocycles. The van der Waals surface area contributed by atoms with Crippen molar-refractivity contribution in [2.75, 3.05) is 6.54 Å². The van der Waals surface area contributed by atoms with E-state index in [9.17, 15) is 14.4 Å². The molecule has 2 fully saturated rings. The molecule has 0 radical (unpaired) electrons. The molecule has 0 bridgehead atoms. The molecule has 1 aliphatic carbocycles. The number of nitrogens with one attached hydrogen (secondary N) is 1. The van der Waals surface area contributed by atoms with Crippen LogP contribution in [0.15, 0.2) is 6.07 Å². The molecule has 1 aliphatic heterocycles. The highest BCUT2D eigenvalue weighted by molar-refractivity contribution is 6.11. The SMILES string of the molecule is CCC1CCC2(CC1)NC(=O)N(CC(=O)c1cc(C)n(C)c1C)C2=O. The molecule has 1 aromatic heterocycles. The van der Waals surface area contributed by atoms with Crippen LogP contribution in [0.5, 0.6) is 0 Å². The quantitative estimate of drug-likeness (QED) is 0.674. The van der Waals surface area contributed by atoms with Crippen molar-refractivity contribution >= 4 is 17.7 Å². The molecule has 1 spiro atoms. The topological polar surface area (TPSA) is 71.4 Å². The van der Waals surface area contributed by atoms with Gasteiger partial charge in [-0.15, -0.1) is 0 Å². The van der Waals surface area contributed by atoms with Crippen LogP contribution < -0.4 is 5.32 Å². The Morgan fingerprint density at radius 2 is 1.92 bits per heavy atom. The number of ketones is 1. The first-order chi connectivity index (χ1) is 11.8. The smallest absolute Gasteiger partial charge is 0.325 e. The average molecular weight is 345 g/mol. The average Bonchev–Trinajstić information content (AvgIpc) is 2.98. The largest absolute Gasteiger partial charge is 0.351 e. The van der Waals surface area contributed by atoms with Gasteiger partial charge in [-0.25, -0.2) is 4.79 Å². The van der Waals surface area contributed by atoms with Crippen LogP contribution in [0.25, 0.3) is 0 Å². The molecule has 1 saturated heterocycles. The molecule has 3 amide bonds. The van der Waals surface area contributed by atoms with Gasteiger partial charge in [0.05, 0.1) is 6.54 Å². The van der Waals surface area contributed by atoms with E-state index < -0.39 is 11.6 Å². The first-order valence-electron chi connectivity index (χ1n) is 9.09. The van der Waals surface area contributed by atoms with E-state index in [2.05, 4.69) is 12.2 Å². The minimum Gasteiger partial charge on any atom is -0.351 e. The molecule has 0 unspecified atom stereocenters. The Morgan fingerprint density at radius 3 is 2.44 bits per heavy atom. The maximum atomic E-state index is 12.9. The summed E-state index contributed by atoms with van der Waals surface area (Å²) in [4.78, 5) is 39.0. The second-order valence-electron chi connectivity index (χ2n) is 7.52. The van der Waals surface area contributed by atoms with E-state index >= 15 is 0 Å². The van der Waals surface area contributed by atoms with Gasteiger partial charge < -0.3 is 9.88 Å². The van der Waals surface area contributed by atoms with E-state index in [0.29, 0.717) is 24.3 Å². The molecule has 1 N–H and O–H groups in total. The third kappa shape index (κ3) is 2.87. The normalized spacial score (nSPS) is 26.4. The fourth-order valence-corrected chi connectivity index (χ4v) is 4.10. The molecule has 6 heteroatoms. The Labute approximate surface area is 148 Å². The summed E-state index contributed by atoms with van der Waals surface area (Å²) in [6, 6.07) is 1.39. The predicted octanol–water partition coefficient (Wildman–Crippen LogP) is 2.72. The molecule has 1 aromatic rings. The predicted molar refractivity (Wildman–Crippen MR) is 94.4 cm³/mol. The number of nitrogens with zero attached hydrogens (tertiary/aromatic N) is 2. The third-order valence-electron chi connectivity index (χ3n) is 6.16. The lowest BCUT2D eigenvalue weighted by atomic mass is 9.75. The Kier molecular flexibility index (Phi) is 4.47. The van der Waals surface area contributed by atoms with Gasteiger partial charge in [0.25, 0.3) is 5.91 Å². The number of carbonyl (C=O) groups excluding carboxylic acids is 3. The summed E-state index contributed by atoms with van der Waals surface area (Å²) in [5.74, 6) is 0.204. The number of hydrogen-bond acceptors (Lipinski definition) is 3. The molecule has 1 saturated carbocycles. The number of aryl methyl sites for hydroxylation is 1. The lowest BCUT2D eigenvalue weighted by molar-refractivity contribution is -0.132. The van der Waals surface area contributed by atoms with Crippen LogP contribution in [0.1, 0.15) is 60.8 Å². The molecular weight excluding hydrogens is 318 g/mol. The second-order valence-corrected chi connectivity index (χ2v) is 7.52. The lowest BCUT2D eigenvalue weighted by Gasteiger charge is -2.34. The highest BCUT2D eigenvalue weighted by Gasteiger charge is 2.52. The highest BCUT2D eigenvalue weighted by atomic mass is 16.2. The lowest BCUT2D eigenvalue weighted by Crippen LogP contribution is -2.49. The van der Waals surface area contributed by atoms with E-state index in [1.165, 1.54) is 0 Å². The highest BCUT2D eigenvalue weighted by Crippen LogP contribution is 2.37. The number of aromatic nitrogens is 1. The summed E-state index contributed by atoms with van der Waals surface area (Å²) in [6.07, 6.45) is 4.34. The summed E-state index contributed by atoms with van der Waals surface area (Å²) in [5.41, 5.74) is 1.63. The molecule has 3 rings (SSSR count). The molecule has 0 atom stereocenters. The number of rotatable bonds is 4. The minimum atomic E-state index is -0.787. The summed E-state index contributed by atoms with van der Waals surface area (Å²) in [5, 5.41) is 2.88. The Bertz CT molecular complexity index is 727. The summed E-state index contributed by atoms with van der Waals surface area (Å²) >= 11 is 0. The zero-order valence-electron chi connectivity index (χ0n) is 15.5. The molecule has 6 nitrogen and oxygen atoms in total. The monoisotopic (exact) mass is 345 g/mol. The molecule has 2 aliphatic rings. The summed E-state index contributed by atoms with van der Waals surface area (Å²) in [7, 11) is 1.90. The summed E-state index contributed by atoms with van der Waals surface area (Å²) < 4.78 is 1.94. The van der Waals surface area contributed by atoms with E-state index in [4.69, 9.17) is 0 Å². The van der Waals surface area contributed by atoms with Gasteiger partial charge in [-0.1, -0.05) is 13.3 Å². The zero-order chi connectivity index (χ0) is 18.4. The molecule has 0 aromatic carbocycles. The van der Waals surface area contributed by atoms with E-state index in [1.54, 1.807) is 0 Å². The number of Topliss-reactive ketones (excluding diaryl/α,β-unsaturated/α-hetero) is 1. The van der Waals surface area contributed by atoms with E-state index in [1.807, 2.05) is 31.5 Å². The Balaban J connectivity index is 1.75. The van der Waals surface area contributed by atoms with Crippen molar-refractivity contribution in [3.05, 3.63) is 23.0 Å². The van der Waals surface area contributed by atoms with Crippen molar-refractivity contribution in [1.82, 2.24) is 14.8 Å². The fourth-order valence-electron chi connectivity index (χ4n) is 4.10. The molecular formula is C19H27N3O3. The van der Waals surface area contributed by atoms with E-state index in [0.717, 1.165) is 35.6 Å². The van der Waals surface area contributed by atoms with Gasteiger partial charge in [0.2, 0.25) is 0 Å². The third-order valence-corrected chi connectivity index (χ3v) is 6.16. The van der Waals surface area contributed by atoms with Crippen molar-refractivity contribution < 1.29 is 14.4 Å². The van der Waals surface area contributed by atoms with Crippen molar-refractivity contribution in [2.24, 2.45) is 13.0 Å². The van der Waals surface area contributed by atoms with Gasteiger partial charge in [0.1, 0.15) is 5.54 Å². The van der Waals surface area contributed by atoms with Gasteiger partial charge in [-0.2, -0.15) is 0 Å². The first-order valence-corrected chi connectivity index (χ1v) is 9.09. The van der Waals surface area contributed by atoms with Crippen molar-refractivity contribution in [1.29, 1.82) is 0 Å². The van der Waals surface area contributed by atoms with Gasteiger partial charge in [0, 0.05) is 24.0 Å². The van der Waals surface area contributed by atoms with Gasteiger partial charge in [0.15, 0.2) is 5.78 Å². The first kappa shape index (κ1) is 17.7. The zero-order valence-corrected chi connectivity index (χ0v) is 15.5. The maximum Gasteiger partial charge on any atom is 0.325 e.